The van der Waals surface area contributed by atoms with Crippen molar-refractivity contribution < 1.29 is 32.7 Å². The first-order chi connectivity index (χ1) is 38.4. The highest BCUT2D eigenvalue weighted by atomic mass is 35.5. The Morgan fingerprint density at radius 2 is 1.54 bits per heavy atom. The van der Waals surface area contributed by atoms with E-state index in [0.29, 0.717) is 74.7 Å². The summed E-state index contributed by atoms with van der Waals surface area (Å²) in [6.45, 7) is 6.14. The van der Waals surface area contributed by atoms with Gasteiger partial charge in [0.2, 0.25) is 17.7 Å². The fourth-order valence-corrected chi connectivity index (χ4v) is 12.7. The summed E-state index contributed by atoms with van der Waals surface area (Å²) in [7, 11) is 0. The summed E-state index contributed by atoms with van der Waals surface area (Å²) in [5.74, 6) is -0.894. The Kier molecular flexibility index (Phi) is 18.5. The van der Waals surface area contributed by atoms with E-state index < -0.39 is 23.2 Å². The summed E-state index contributed by atoms with van der Waals surface area (Å²) in [6, 6.07) is 19.8. The number of anilines is 1. The van der Waals surface area contributed by atoms with Crippen molar-refractivity contribution in [2.45, 2.75) is 132 Å². The van der Waals surface area contributed by atoms with Crippen LogP contribution in [-0.4, -0.2) is 143 Å². The minimum atomic E-state index is -1.02. The van der Waals surface area contributed by atoms with Gasteiger partial charge in [-0.05, 0) is 124 Å². The average Bonchev–Trinajstić information content (AvgIpc) is 3.99. The average molecular weight is 1100 g/mol. The van der Waals surface area contributed by atoms with Crippen LogP contribution in [0, 0.1) is 17.6 Å². The summed E-state index contributed by atoms with van der Waals surface area (Å²) >= 11 is 6.30. The molecule has 2 aromatic heterocycles. The number of rotatable bonds is 18. The molecule has 1 unspecified atom stereocenters. The number of hydrogen-bond acceptors (Lipinski definition) is 11. The molecule has 6 N–H and O–H groups in total. The number of nitrogens with two attached hydrogens (primary N) is 1. The van der Waals surface area contributed by atoms with Crippen LogP contribution in [0.3, 0.4) is 0 Å². The van der Waals surface area contributed by atoms with Crippen molar-refractivity contribution in [3.63, 3.8) is 0 Å². The van der Waals surface area contributed by atoms with Crippen LogP contribution in [-0.2, 0) is 25.7 Å². The van der Waals surface area contributed by atoms with Crippen LogP contribution in [0.1, 0.15) is 129 Å². The van der Waals surface area contributed by atoms with Gasteiger partial charge in [0.1, 0.15) is 35.5 Å². The number of halogens is 3. The Bertz CT molecular complexity index is 2880. The summed E-state index contributed by atoms with van der Waals surface area (Å²) < 4.78 is 34.3. The molecule has 6 heterocycles. The second kappa shape index (κ2) is 26.0. The maximum absolute atomic E-state index is 14.5. The van der Waals surface area contributed by atoms with Crippen LogP contribution in [0.25, 0.3) is 11.0 Å². The van der Waals surface area contributed by atoms with E-state index in [1.54, 1.807) is 12.4 Å². The van der Waals surface area contributed by atoms with Gasteiger partial charge < -0.3 is 51.0 Å². The van der Waals surface area contributed by atoms with Gasteiger partial charge in [0.25, 0.3) is 5.91 Å². The maximum atomic E-state index is 14.5. The van der Waals surface area contributed by atoms with Crippen LogP contribution in [0.2, 0.25) is 5.02 Å². The molecule has 10 rings (SSSR count). The van der Waals surface area contributed by atoms with Crippen molar-refractivity contribution >= 4 is 52.1 Å². The molecule has 4 aliphatic heterocycles. The van der Waals surface area contributed by atoms with Gasteiger partial charge >= 0.3 is 0 Å². The molecule has 5 fully saturated rings. The lowest BCUT2D eigenvalue weighted by Gasteiger charge is -2.40. The van der Waals surface area contributed by atoms with E-state index in [0.717, 1.165) is 124 Å². The molecule has 422 valence electrons. The van der Waals surface area contributed by atoms with Gasteiger partial charge in [0, 0.05) is 99.8 Å². The lowest BCUT2D eigenvalue weighted by Crippen LogP contribution is -2.60. The van der Waals surface area contributed by atoms with Crippen molar-refractivity contribution in [1.82, 2.24) is 45.6 Å². The van der Waals surface area contributed by atoms with Gasteiger partial charge in [-0.3, -0.25) is 19.2 Å². The highest BCUT2D eigenvalue weighted by Crippen LogP contribution is 2.33. The molecule has 0 radical (unpaired) electrons. The number of benzene rings is 3. The normalized spacial score (nSPS) is 20.7. The van der Waals surface area contributed by atoms with Gasteiger partial charge in [-0.25, -0.2) is 18.7 Å². The fourth-order valence-electron chi connectivity index (χ4n) is 12.6. The highest BCUT2D eigenvalue weighted by molar-refractivity contribution is 6.30. The van der Waals surface area contributed by atoms with E-state index in [1.165, 1.54) is 12.1 Å². The molecule has 4 saturated heterocycles. The molecule has 3 aromatic carbocycles. The first-order valence-electron chi connectivity index (χ1n) is 28.7. The zero-order valence-corrected chi connectivity index (χ0v) is 45.9. The molecule has 79 heavy (non-hydrogen) atoms. The number of amides is 4. The maximum Gasteiger partial charge on any atom is 0.251 e. The van der Waals surface area contributed by atoms with Crippen LogP contribution >= 0.6 is 11.6 Å². The van der Waals surface area contributed by atoms with Crippen molar-refractivity contribution in [2.24, 2.45) is 11.7 Å². The van der Waals surface area contributed by atoms with E-state index in [2.05, 4.69) is 40.7 Å². The van der Waals surface area contributed by atoms with Crippen LogP contribution in [0.15, 0.2) is 85.3 Å². The Morgan fingerprint density at radius 3 is 2.29 bits per heavy atom. The number of aromatic amines is 1. The number of H-pyrrole nitrogens is 1. The molecule has 4 amide bonds. The highest BCUT2D eigenvalue weighted by Gasteiger charge is 2.40. The van der Waals surface area contributed by atoms with Gasteiger partial charge in [-0.15, -0.1) is 0 Å². The molecule has 5 aromatic rings. The standard InChI is InChI=1S/C60H76ClF2N11O5/c61-46-14-11-40(12-15-46)52(69-59(78)60(64)23-32-72(33-24-60)56-50-17-25-66-55(50)67-39-68-56)22-29-71-27-18-48(19-28-71)79-49-20-30-73(31-21-49)58(77)54(41-6-2-1-3-7-41)70-57(76)43-9-4-8-42(34-43)45-10-5-26-74(38-45)53(75)37-65-36-44-13-16-47(62)35-51(44)63/h4,8-9,11-17,25,34-35,39,41,45,48-49,52,54,65H,1-3,5-7,10,18-24,26-33,36-38,64H2,(H,69,78)(H,70,76)(H,66,67,68)/t45?,52-,54+/m0/s1. The van der Waals surface area contributed by atoms with E-state index in [4.69, 9.17) is 22.1 Å². The van der Waals surface area contributed by atoms with E-state index in [9.17, 15) is 28.0 Å². The number of nitrogens with zero attached hydrogens (tertiary/aromatic N) is 6. The SMILES string of the molecule is NC1(C(=O)N[C@@H](CCN2CCC(OC3CCN(C(=O)[C@H](NC(=O)c4cccc(C5CCCN(C(=O)CNCc6ccc(F)cc6F)C5)c4)C4CCCCC4)CC3)CC2)c2ccc(Cl)cc2)CCN(c2ncnc3[nH]ccc23)CC1. The molecule has 19 heteroatoms. The molecule has 1 saturated carbocycles. The number of fused-ring (bicyclic) bond motifs is 1. The molecular formula is C60H76ClF2N11O5. The van der Waals surface area contributed by atoms with E-state index in [-0.39, 0.29) is 66.8 Å². The quantitative estimate of drug-likeness (QED) is 0.0576. The smallest absolute Gasteiger partial charge is 0.251 e. The van der Waals surface area contributed by atoms with Gasteiger partial charge in [0.05, 0.1) is 35.7 Å². The Hall–Kier alpha value is -6.05. The Morgan fingerprint density at radius 1 is 0.797 bits per heavy atom. The number of hydrogen-bond donors (Lipinski definition) is 5. The lowest BCUT2D eigenvalue weighted by atomic mass is 9.83. The summed E-state index contributed by atoms with van der Waals surface area (Å²) in [5.41, 5.74) is 9.41. The number of carbonyl (C=O) groups excluding carboxylic acids is 4. The number of likely N-dealkylation sites (tertiary alicyclic amines) is 3. The predicted octanol–water partition coefficient (Wildman–Crippen LogP) is 7.78. The van der Waals surface area contributed by atoms with Crippen molar-refractivity contribution in [2.75, 3.05) is 70.3 Å². The number of nitrogens with one attached hydrogen (secondary N) is 4. The first kappa shape index (κ1) is 56.2. The lowest BCUT2D eigenvalue weighted by molar-refractivity contribution is -0.139. The summed E-state index contributed by atoms with van der Waals surface area (Å²) in [5, 5.41) is 11.2. The zero-order valence-electron chi connectivity index (χ0n) is 45.2. The Balaban J connectivity index is 0.676. The molecule has 1 aliphatic carbocycles. The van der Waals surface area contributed by atoms with Crippen LogP contribution < -0.4 is 26.6 Å². The van der Waals surface area contributed by atoms with Crippen molar-refractivity contribution in [1.29, 1.82) is 0 Å². The minimum absolute atomic E-state index is 0.0162. The number of piperidine rings is 4. The third kappa shape index (κ3) is 14.1. The van der Waals surface area contributed by atoms with Crippen LogP contribution in [0.5, 0.6) is 0 Å². The number of aromatic nitrogens is 3. The minimum Gasteiger partial charge on any atom is -0.375 e. The van der Waals surface area contributed by atoms with Gasteiger partial charge in [-0.2, -0.15) is 0 Å². The monoisotopic (exact) mass is 1100 g/mol. The van der Waals surface area contributed by atoms with Crippen LogP contribution in [0.4, 0.5) is 14.6 Å². The van der Waals surface area contributed by atoms with Gasteiger partial charge in [-0.1, -0.05) is 61.2 Å². The van der Waals surface area contributed by atoms with Gasteiger partial charge in [0.15, 0.2) is 0 Å². The fraction of sp³-hybridized carbons (Fsp3) is 0.533. The largest absolute Gasteiger partial charge is 0.375 e. The summed E-state index contributed by atoms with van der Waals surface area (Å²) in [6.07, 6.45) is 15.2. The zero-order chi connectivity index (χ0) is 54.9. The molecule has 0 bridgehead atoms. The van der Waals surface area contributed by atoms with E-state index in [1.807, 2.05) is 64.5 Å². The third-order valence-corrected chi connectivity index (χ3v) is 17.7. The first-order valence-corrected chi connectivity index (χ1v) is 29.1. The van der Waals surface area contributed by atoms with Crippen molar-refractivity contribution in [3.05, 3.63) is 124 Å². The molecule has 0 spiro atoms. The molecule has 16 nitrogen and oxygen atoms in total. The second-order valence-electron chi connectivity index (χ2n) is 22.6. The third-order valence-electron chi connectivity index (χ3n) is 17.4. The summed E-state index contributed by atoms with van der Waals surface area (Å²) in [4.78, 5) is 76.3. The predicted molar refractivity (Wildman–Crippen MR) is 300 cm³/mol. The molecule has 5 aliphatic rings. The topological polar surface area (TPSA) is 194 Å². The second-order valence-corrected chi connectivity index (χ2v) is 23.1. The number of ether oxygens (including phenoxy) is 1. The number of carbonyl (C=O) groups is 4. The Labute approximate surface area is 466 Å². The van der Waals surface area contributed by atoms with E-state index >= 15 is 0 Å². The molecule has 3 atom stereocenters. The van der Waals surface area contributed by atoms with Crippen molar-refractivity contribution in [3.8, 4) is 0 Å². The molecular weight excluding hydrogens is 1030 g/mol.